The summed E-state index contributed by atoms with van der Waals surface area (Å²) in [5.41, 5.74) is 5.31. The molecule has 1 saturated heterocycles. The Hall–Kier alpha value is -3.59. The molecule has 32 heavy (non-hydrogen) atoms. The van der Waals surface area contributed by atoms with Crippen LogP contribution in [0.2, 0.25) is 0 Å². The molecule has 3 heterocycles. The highest BCUT2D eigenvalue weighted by molar-refractivity contribution is 5.96. The van der Waals surface area contributed by atoms with Crippen molar-refractivity contribution in [2.24, 2.45) is 7.05 Å². The molecule has 162 valence electrons. The Kier molecular flexibility index (Phi) is 4.59. The van der Waals surface area contributed by atoms with Gasteiger partial charge in [0.25, 0.3) is 5.56 Å². The minimum atomic E-state index is -0.244. The van der Waals surface area contributed by atoms with E-state index in [1.807, 2.05) is 43.3 Å². The van der Waals surface area contributed by atoms with Gasteiger partial charge in [0.1, 0.15) is 17.1 Å². The molecule has 0 bridgehead atoms. The first-order chi connectivity index (χ1) is 15.3. The number of benzene rings is 2. The average Bonchev–Trinajstić information content (AvgIpc) is 3.21. The summed E-state index contributed by atoms with van der Waals surface area (Å²) in [6.07, 6.45) is 1.65. The molecular weight excluding hydrogens is 400 g/mol. The van der Waals surface area contributed by atoms with Gasteiger partial charge in [-0.3, -0.25) is 4.79 Å². The molecule has 5 rings (SSSR count). The highest BCUT2D eigenvalue weighted by Crippen LogP contribution is 2.39. The number of para-hydroxylation sites is 1. The molecule has 0 radical (unpaired) electrons. The summed E-state index contributed by atoms with van der Waals surface area (Å²) >= 11 is 0. The Morgan fingerprint density at radius 1 is 1.16 bits per heavy atom. The van der Waals surface area contributed by atoms with Gasteiger partial charge < -0.3 is 13.9 Å². The number of fused-ring (bicyclic) bond motifs is 2. The van der Waals surface area contributed by atoms with E-state index in [1.54, 1.807) is 11.6 Å². The standard InChI is InChI=1S/C26H26N4O2/c1-16-8-9-21-20(14-16)28-25(32-21)26(3)10-12-30(13-11-26)23-18-7-5-6-17(2)22(18)29(4)24(31)19(23)15-27/h5-9,14H,10-13H2,1-4H3. The zero-order valence-corrected chi connectivity index (χ0v) is 18.9. The summed E-state index contributed by atoms with van der Waals surface area (Å²) in [6, 6.07) is 14.2. The number of rotatable bonds is 2. The van der Waals surface area contributed by atoms with Crippen molar-refractivity contribution in [2.75, 3.05) is 18.0 Å². The van der Waals surface area contributed by atoms with Crippen LogP contribution in [0.15, 0.2) is 45.6 Å². The van der Waals surface area contributed by atoms with Gasteiger partial charge >= 0.3 is 0 Å². The zero-order chi connectivity index (χ0) is 22.6. The molecule has 1 aliphatic rings. The van der Waals surface area contributed by atoms with Crippen LogP contribution in [0.1, 0.15) is 42.3 Å². The third-order valence-corrected chi connectivity index (χ3v) is 6.94. The first kappa shape index (κ1) is 20.3. The van der Waals surface area contributed by atoms with E-state index in [1.165, 1.54) is 0 Å². The minimum Gasteiger partial charge on any atom is -0.440 e. The largest absolute Gasteiger partial charge is 0.440 e. The number of oxazole rings is 1. The van der Waals surface area contributed by atoms with Gasteiger partial charge in [0.2, 0.25) is 5.89 Å². The second-order valence-corrected chi connectivity index (χ2v) is 9.21. The minimum absolute atomic E-state index is 0.193. The number of nitrogens with zero attached hydrogens (tertiary/aromatic N) is 4. The fourth-order valence-corrected chi connectivity index (χ4v) is 4.96. The van der Waals surface area contributed by atoms with Gasteiger partial charge in [0.15, 0.2) is 5.58 Å². The summed E-state index contributed by atoms with van der Waals surface area (Å²) in [5.74, 6) is 0.767. The fourth-order valence-electron chi connectivity index (χ4n) is 4.96. The van der Waals surface area contributed by atoms with E-state index in [9.17, 15) is 10.1 Å². The molecule has 1 aliphatic heterocycles. The molecule has 2 aromatic carbocycles. The first-order valence-corrected chi connectivity index (χ1v) is 11.0. The van der Waals surface area contributed by atoms with E-state index in [4.69, 9.17) is 9.40 Å². The van der Waals surface area contributed by atoms with Crippen LogP contribution in [-0.4, -0.2) is 22.6 Å². The molecular formula is C26H26N4O2. The summed E-state index contributed by atoms with van der Waals surface area (Å²) in [5, 5.41) is 10.8. The molecule has 0 unspecified atom stereocenters. The van der Waals surface area contributed by atoms with Gasteiger partial charge in [-0.25, -0.2) is 4.98 Å². The number of hydrogen-bond acceptors (Lipinski definition) is 5. The van der Waals surface area contributed by atoms with E-state index in [-0.39, 0.29) is 16.5 Å². The fraction of sp³-hybridized carbons (Fsp3) is 0.346. The predicted molar refractivity (Wildman–Crippen MR) is 126 cm³/mol. The number of pyridine rings is 1. The van der Waals surface area contributed by atoms with Crippen LogP contribution >= 0.6 is 0 Å². The SMILES string of the molecule is Cc1ccc2oc(C3(C)CCN(c4c(C#N)c(=O)n(C)c5c(C)cccc45)CC3)nc2c1. The zero-order valence-electron chi connectivity index (χ0n) is 18.9. The quantitative estimate of drug-likeness (QED) is 0.463. The monoisotopic (exact) mass is 426 g/mol. The Morgan fingerprint density at radius 2 is 1.91 bits per heavy atom. The molecule has 6 nitrogen and oxygen atoms in total. The van der Waals surface area contributed by atoms with Crippen molar-refractivity contribution in [2.45, 2.75) is 39.0 Å². The van der Waals surface area contributed by atoms with Crippen LogP contribution < -0.4 is 10.5 Å². The normalized spacial score (nSPS) is 15.9. The summed E-state index contributed by atoms with van der Waals surface area (Å²) in [4.78, 5) is 20.0. The third-order valence-electron chi connectivity index (χ3n) is 6.94. The van der Waals surface area contributed by atoms with Gasteiger partial charge in [-0.05, 0) is 49.9 Å². The van der Waals surface area contributed by atoms with E-state index < -0.39 is 0 Å². The number of anilines is 1. The van der Waals surface area contributed by atoms with E-state index >= 15 is 0 Å². The highest BCUT2D eigenvalue weighted by Gasteiger charge is 2.37. The topological polar surface area (TPSA) is 75.1 Å². The predicted octanol–water partition coefficient (Wildman–Crippen LogP) is 4.73. The second-order valence-electron chi connectivity index (χ2n) is 9.21. The third kappa shape index (κ3) is 3.00. The van der Waals surface area contributed by atoms with Gasteiger partial charge in [0, 0.05) is 30.9 Å². The number of nitriles is 1. The van der Waals surface area contributed by atoms with E-state index in [2.05, 4.69) is 24.8 Å². The van der Waals surface area contributed by atoms with Crippen molar-refractivity contribution in [3.05, 3.63) is 69.3 Å². The molecule has 0 amide bonds. The lowest BCUT2D eigenvalue weighted by Gasteiger charge is -2.39. The first-order valence-electron chi connectivity index (χ1n) is 11.0. The lowest BCUT2D eigenvalue weighted by molar-refractivity contribution is 0.292. The Morgan fingerprint density at radius 3 is 2.62 bits per heavy atom. The second kappa shape index (κ2) is 7.23. The van der Waals surface area contributed by atoms with Crippen LogP contribution in [-0.2, 0) is 12.5 Å². The lowest BCUT2D eigenvalue weighted by Crippen LogP contribution is -2.42. The van der Waals surface area contributed by atoms with Crippen molar-refractivity contribution >= 4 is 27.7 Å². The van der Waals surface area contributed by atoms with Crippen molar-refractivity contribution in [3.63, 3.8) is 0 Å². The van der Waals surface area contributed by atoms with Crippen LogP contribution in [0, 0.1) is 25.2 Å². The Balaban J connectivity index is 1.54. The molecule has 6 heteroatoms. The number of piperidine rings is 1. The number of aryl methyl sites for hydroxylation is 3. The smallest absolute Gasteiger partial charge is 0.270 e. The Labute approximate surface area is 186 Å². The van der Waals surface area contributed by atoms with E-state index in [0.29, 0.717) is 0 Å². The average molecular weight is 427 g/mol. The summed E-state index contributed by atoms with van der Waals surface area (Å²) in [7, 11) is 1.74. The van der Waals surface area contributed by atoms with Crippen LogP contribution in [0.3, 0.4) is 0 Å². The van der Waals surface area contributed by atoms with Gasteiger partial charge in [-0.1, -0.05) is 31.2 Å². The molecule has 0 spiro atoms. The molecule has 4 aromatic rings. The van der Waals surface area contributed by atoms with Crippen LogP contribution in [0.25, 0.3) is 22.0 Å². The van der Waals surface area contributed by atoms with Crippen molar-refractivity contribution in [3.8, 4) is 6.07 Å². The van der Waals surface area contributed by atoms with Crippen LogP contribution in [0.5, 0.6) is 0 Å². The highest BCUT2D eigenvalue weighted by atomic mass is 16.3. The Bertz CT molecular complexity index is 1460. The maximum absolute atomic E-state index is 13.0. The van der Waals surface area contributed by atoms with Gasteiger partial charge in [0.05, 0.1) is 11.2 Å². The molecule has 0 aliphatic carbocycles. The molecule has 1 fully saturated rings. The molecule has 2 aromatic heterocycles. The van der Waals surface area contributed by atoms with Crippen molar-refractivity contribution in [1.82, 2.24) is 9.55 Å². The summed E-state index contributed by atoms with van der Waals surface area (Å²) < 4.78 is 7.74. The molecule has 0 N–H and O–H groups in total. The lowest BCUT2D eigenvalue weighted by atomic mass is 9.80. The van der Waals surface area contributed by atoms with Crippen LogP contribution in [0.4, 0.5) is 5.69 Å². The van der Waals surface area contributed by atoms with Gasteiger partial charge in [-0.2, -0.15) is 5.26 Å². The maximum Gasteiger partial charge on any atom is 0.270 e. The van der Waals surface area contributed by atoms with Crippen molar-refractivity contribution < 1.29 is 4.42 Å². The number of aromatic nitrogens is 2. The van der Waals surface area contributed by atoms with E-state index in [0.717, 1.165) is 70.6 Å². The maximum atomic E-state index is 13.0. The van der Waals surface area contributed by atoms with Gasteiger partial charge in [-0.15, -0.1) is 0 Å². The van der Waals surface area contributed by atoms with Crippen molar-refractivity contribution in [1.29, 1.82) is 5.26 Å². The molecule has 0 atom stereocenters. The number of hydrogen-bond donors (Lipinski definition) is 0. The summed E-state index contributed by atoms with van der Waals surface area (Å²) in [6.45, 7) is 7.69. The molecule has 0 saturated carbocycles.